The van der Waals surface area contributed by atoms with Gasteiger partial charge in [-0.1, -0.05) is 17.9 Å². The van der Waals surface area contributed by atoms with Crippen LogP contribution in [0.4, 0.5) is 0 Å². The van der Waals surface area contributed by atoms with Crippen molar-refractivity contribution in [2.45, 2.75) is 5.41 Å². The van der Waals surface area contributed by atoms with E-state index in [-0.39, 0.29) is 0 Å². The summed E-state index contributed by atoms with van der Waals surface area (Å²) >= 11 is 0. The Bertz CT molecular complexity index is 1240. The van der Waals surface area contributed by atoms with Crippen LogP contribution in [0.5, 0.6) is 11.5 Å². The van der Waals surface area contributed by atoms with E-state index in [1.165, 1.54) is 6.33 Å². The molecule has 5 rings (SSSR count). The Morgan fingerprint density at radius 1 is 1.06 bits per heavy atom. The fourth-order valence-electron chi connectivity index (χ4n) is 4.16. The van der Waals surface area contributed by atoms with Crippen molar-refractivity contribution < 1.29 is 4.74 Å². The molecule has 3 heterocycles. The van der Waals surface area contributed by atoms with Gasteiger partial charge in [-0.2, -0.15) is 0 Å². The van der Waals surface area contributed by atoms with Gasteiger partial charge in [0.25, 0.3) is 0 Å². The molecule has 0 amide bonds. The summed E-state index contributed by atoms with van der Waals surface area (Å²) < 4.78 is 6.30. The van der Waals surface area contributed by atoms with E-state index in [0.717, 1.165) is 39.3 Å². The Balaban J connectivity index is 1.65. The van der Waals surface area contributed by atoms with Crippen molar-refractivity contribution in [3.63, 3.8) is 0 Å². The van der Waals surface area contributed by atoms with Gasteiger partial charge in [-0.15, -0.1) is 0 Å². The Kier molecular flexibility index (Phi) is 4.61. The number of nitrogens with two attached hydrogens (primary N) is 1. The van der Waals surface area contributed by atoms with Crippen LogP contribution in [0.1, 0.15) is 16.7 Å². The Labute approximate surface area is 181 Å². The molecule has 0 bridgehead atoms. The van der Waals surface area contributed by atoms with Gasteiger partial charge in [0.15, 0.2) is 0 Å². The zero-order valence-electron chi connectivity index (χ0n) is 17.5. The molecule has 0 saturated carbocycles. The summed E-state index contributed by atoms with van der Waals surface area (Å²) in [6.07, 6.45) is 7.25. The number of hydrogen-bond donors (Lipinski definition) is 2. The number of nitrogens with one attached hydrogen (secondary N) is 1. The lowest BCUT2D eigenvalue weighted by atomic mass is 9.72. The van der Waals surface area contributed by atoms with Crippen LogP contribution < -0.4 is 15.8 Å². The van der Waals surface area contributed by atoms with E-state index in [1.807, 2.05) is 55.7 Å². The topological polar surface area (TPSA) is 76.3 Å². The molecule has 0 aliphatic carbocycles. The fraction of sp³-hybridized carbons (Fsp3) is 0.200. The molecule has 3 aromatic rings. The van der Waals surface area contributed by atoms with Crippen molar-refractivity contribution in [1.29, 1.82) is 0 Å². The summed E-state index contributed by atoms with van der Waals surface area (Å²) in [6.45, 7) is 1.37. The summed E-state index contributed by atoms with van der Waals surface area (Å²) in [5.74, 6) is 8.80. The number of aromatic nitrogens is 2. The third kappa shape index (κ3) is 3.39. The summed E-state index contributed by atoms with van der Waals surface area (Å²) in [5, 5.41) is 3.31. The lowest BCUT2D eigenvalue weighted by Gasteiger charge is -2.36. The second-order valence-corrected chi connectivity index (χ2v) is 8.12. The van der Waals surface area contributed by atoms with Gasteiger partial charge in [-0.25, -0.2) is 9.97 Å². The molecule has 6 nitrogen and oxygen atoms in total. The molecule has 1 atom stereocenters. The molecule has 1 spiro atoms. The number of hydrogen-bond acceptors (Lipinski definition) is 6. The maximum Gasteiger partial charge on any atom is 0.132 e. The molecular weight excluding hydrogens is 386 g/mol. The SMILES string of the molecule is CN(C)CC#Cc1ccc2c(c1)[C@@]1(C=C(N)NC1)c1cc(-c3cncnc3)ccc1O2. The van der Waals surface area contributed by atoms with E-state index in [9.17, 15) is 0 Å². The second kappa shape index (κ2) is 7.46. The molecule has 2 aliphatic rings. The highest BCUT2D eigenvalue weighted by Gasteiger charge is 2.44. The number of rotatable bonds is 2. The van der Waals surface area contributed by atoms with Crippen LogP contribution in [0.3, 0.4) is 0 Å². The molecule has 6 heteroatoms. The second-order valence-electron chi connectivity index (χ2n) is 8.12. The predicted molar refractivity (Wildman–Crippen MR) is 120 cm³/mol. The standard InChI is InChI=1S/C25H23N5O/c1-30(2)9-3-4-17-5-7-22-20(10-17)25(12-24(26)29-15-25)21-11-18(6-8-23(21)31-22)19-13-27-16-28-14-19/h5-8,10-14,16,29H,9,15,26H2,1-2H3/t25-/m0/s1. The average molecular weight is 409 g/mol. The van der Waals surface area contributed by atoms with Crippen molar-refractivity contribution >= 4 is 0 Å². The highest BCUT2D eigenvalue weighted by atomic mass is 16.5. The van der Waals surface area contributed by atoms with Crippen molar-refractivity contribution in [2.75, 3.05) is 27.2 Å². The monoisotopic (exact) mass is 409 g/mol. The fourth-order valence-corrected chi connectivity index (χ4v) is 4.16. The lowest BCUT2D eigenvalue weighted by Crippen LogP contribution is -2.34. The molecule has 3 N–H and O–H groups in total. The summed E-state index contributed by atoms with van der Waals surface area (Å²) in [5.41, 5.74) is 10.8. The normalized spacial score (nSPS) is 18.4. The Hall–Kier alpha value is -3.82. The number of fused-ring (bicyclic) bond motifs is 4. The smallest absolute Gasteiger partial charge is 0.132 e. The van der Waals surface area contributed by atoms with Gasteiger partial charge in [-0.3, -0.25) is 4.90 Å². The van der Waals surface area contributed by atoms with E-state index >= 15 is 0 Å². The molecule has 0 unspecified atom stereocenters. The number of benzene rings is 2. The minimum atomic E-state index is -0.433. The maximum absolute atomic E-state index is 6.30. The van der Waals surface area contributed by atoms with E-state index < -0.39 is 5.41 Å². The van der Waals surface area contributed by atoms with Gasteiger partial charge in [0.1, 0.15) is 17.8 Å². The van der Waals surface area contributed by atoms with E-state index in [1.54, 1.807) is 0 Å². The van der Waals surface area contributed by atoms with Crippen molar-refractivity contribution in [1.82, 2.24) is 20.2 Å². The highest BCUT2D eigenvalue weighted by Crippen LogP contribution is 2.51. The van der Waals surface area contributed by atoms with Gasteiger partial charge in [0.2, 0.25) is 0 Å². The molecule has 0 fully saturated rings. The molecule has 0 radical (unpaired) electrons. The van der Waals surface area contributed by atoms with E-state index in [2.05, 4.69) is 45.3 Å². The molecule has 1 aromatic heterocycles. The first kappa shape index (κ1) is 19.2. The molecule has 2 aromatic carbocycles. The maximum atomic E-state index is 6.30. The van der Waals surface area contributed by atoms with E-state index in [0.29, 0.717) is 18.9 Å². The largest absolute Gasteiger partial charge is 0.457 e. The Morgan fingerprint density at radius 2 is 1.81 bits per heavy atom. The molecule has 154 valence electrons. The molecule has 31 heavy (non-hydrogen) atoms. The molecular formula is C25H23N5O. The third-order valence-corrected chi connectivity index (χ3v) is 5.64. The minimum Gasteiger partial charge on any atom is -0.457 e. The minimum absolute atomic E-state index is 0.433. The lowest BCUT2D eigenvalue weighted by molar-refractivity contribution is 0.424. The van der Waals surface area contributed by atoms with Crippen molar-refractivity contribution in [3.8, 4) is 34.5 Å². The highest BCUT2D eigenvalue weighted by molar-refractivity contribution is 5.70. The van der Waals surface area contributed by atoms with Gasteiger partial charge in [0.05, 0.1) is 17.8 Å². The molecule has 0 saturated heterocycles. The zero-order valence-corrected chi connectivity index (χ0v) is 17.5. The van der Waals surface area contributed by atoms with Crippen LogP contribution in [-0.4, -0.2) is 42.1 Å². The van der Waals surface area contributed by atoms with Gasteiger partial charge in [-0.05, 0) is 56.1 Å². The first-order valence-corrected chi connectivity index (χ1v) is 10.1. The van der Waals surface area contributed by atoms with Gasteiger partial charge in [0, 0.05) is 41.2 Å². The first-order chi connectivity index (χ1) is 15.0. The van der Waals surface area contributed by atoms with Gasteiger partial charge < -0.3 is 15.8 Å². The first-order valence-electron chi connectivity index (χ1n) is 10.1. The van der Waals surface area contributed by atoms with Crippen LogP contribution in [0.15, 0.2) is 67.0 Å². The van der Waals surface area contributed by atoms with Crippen LogP contribution in [0, 0.1) is 11.8 Å². The number of nitrogens with zero attached hydrogens (tertiary/aromatic N) is 3. The van der Waals surface area contributed by atoms with E-state index in [4.69, 9.17) is 10.5 Å². The molecule has 2 aliphatic heterocycles. The van der Waals surface area contributed by atoms with Crippen LogP contribution >= 0.6 is 0 Å². The van der Waals surface area contributed by atoms with Crippen molar-refractivity contribution in [2.24, 2.45) is 5.73 Å². The third-order valence-electron chi connectivity index (χ3n) is 5.64. The Morgan fingerprint density at radius 3 is 2.52 bits per heavy atom. The van der Waals surface area contributed by atoms with Crippen LogP contribution in [0.25, 0.3) is 11.1 Å². The predicted octanol–water partition coefficient (Wildman–Crippen LogP) is 2.85. The summed E-state index contributed by atoms with van der Waals surface area (Å²) in [6, 6.07) is 12.3. The summed E-state index contributed by atoms with van der Waals surface area (Å²) in [7, 11) is 4.02. The van der Waals surface area contributed by atoms with Gasteiger partial charge >= 0.3 is 0 Å². The zero-order chi connectivity index (χ0) is 21.4. The van der Waals surface area contributed by atoms with Crippen molar-refractivity contribution in [3.05, 3.63) is 83.7 Å². The quantitative estimate of drug-likeness (QED) is 0.634. The number of ether oxygens (including phenoxy) is 1. The van der Waals surface area contributed by atoms with Crippen LogP contribution in [-0.2, 0) is 5.41 Å². The summed E-state index contributed by atoms with van der Waals surface area (Å²) in [4.78, 5) is 10.4. The van der Waals surface area contributed by atoms with Crippen LogP contribution in [0.2, 0.25) is 0 Å². The average Bonchev–Trinajstić information content (AvgIpc) is 3.17.